The molecule has 2 heterocycles. The van der Waals surface area contributed by atoms with Crippen molar-refractivity contribution in [3.63, 3.8) is 0 Å². The first-order chi connectivity index (χ1) is 14.6. The van der Waals surface area contributed by atoms with Crippen molar-refractivity contribution in [2.75, 3.05) is 20.3 Å². The van der Waals surface area contributed by atoms with Crippen LogP contribution in [0.5, 0.6) is 0 Å². The van der Waals surface area contributed by atoms with E-state index in [1.165, 1.54) is 6.07 Å². The molecular formula is C23H29F2N3O2. The minimum absolute atomic E-state index is 0.0521. The van der Waals surface area contributed by atoms with Gasteiger partial charge in [-0.2, -0.15) is 0 Å². The van der Waals surface area contributed by atoms with E-state index in [4.69, 9.17) is 9.57 Å². The van der Waals surface area contributed by atoms with Crippen LogP contribution in [0.1, 0.15) is 37.3 Å². The molecule has 0 aliphatic carbocycles. The molecule has 0 radical (unpaired) electrons. The Balaban J connectivity index is 1.66. The molecule has 2 aliphatic rings. The summed E-state index contributed by atoms with van der Waals surface area (Å²) in [6.07, 6.45) is 12.7. The Hall–Kier alpha value is -2.64. The van der Waals surface area contributed by atoms with E-state index in [1.807, 2.05) is 41.4 Å². The Kier molecular flexibility index (Phi) is 8.04. The van der Waals surface area contributed by atoms with Gasteiger partial charge in [0.1, 0.15) is 18.0 Å². The molecule has 0 amide bonds. The zero-order chi connectivity index (χ0) is 21.3. The number of nitrogens with one attached hydrogen (secondary N) is 1. The molecule has 1 N–H and O–H groups in total. The van der Waals surface area contributed by atoms with Crippen LogP contribution in [0.15, 0.2) is 61.0 Å². The van der Waals surface area contributed by atoms with Crippen LogP contribution in [-0.2, 0) is 16.1 Å². The number of ether oxygens (including phenoxy) is 1. The standard InChI is InChI=1S/C23H29F2N3O2/c1-3-4-5-6-23-27(2)11-12-28(23)17-19-8-7-18(15-21(19)25)22(16-24)26-30-20-9-13-29-14-10-20/h4-8,11-12,15-16,20,26H,3,9-10,13-14,17H2,1-2H3/b5-4+,22-16-,23-6+. The maximum Gasteiger partial charge on any atom is 0.128 e. The molecule has 2 aliphatic heterocycles. The summed E-state index contributed by atoms with van der Waals surface area (Å²) < 4.78 is 33.5. The molecule has 0 bridgehead atoms. The highest BCUT2D eigenvalue weighted by molar-refractivity contribution is 5.62. The number of nitrogens with zero attached hydrogens (tertiary/aromatic N) is 2. The van der Waals surface area contributed by atoms with E-state index < -0.39 is 5.82 Å². The van der Waals surface area contributed by atoms with Gasteiger partial charge in [0.05, 0.1) is 18.3 Å². The predicted octanol–water partition coefficient (Wildman–Crippen LogP) is 4.82. The van der Waals surface area contributed by atoms with Gasteiger partial charge in [-0.15, -0.1) is 0 Å². The first kappa shape index (κ1) is 22.1. The zero-order valence-electron chi connectivity index (χ0n) is 17.5. The third kappa shape index (κ3) is 5.70. The Morgan fingerprint density at radius 1 is 1.30 bits per heavy atom. The van der Waals surface area contributed by atoms with Crippen molar-refractivity contribution >= 4 is 5.70 Å². The van der Waals surface area contributed by atoms with Gasteiger partial charge in [0.15, 0.2) is 0 Å². The lowest BCUT2D eigenvalue weighted by molar-refractivity contribution is -0.0599. The third-order valence-corrected chi connectivity index (χ3v) is 5.06. The Labute approximate surface area is 176 Å². The van der Waals surface area contributed by atoms with Crippen molar-refractivity contribution in [1.82, 2.24) is 15.3 Å². The molecule has 30 heavy (non-hydrogen) atoms. The Bertz CT molecular complexity index is 830. The van der Waals surface area contributed by atoms with Crippen molar-refractivity contribution in [3.05, 3.63) is 77.9 Å². The Morgan fingerprint density at radius 3 is 2.80 bits per heavy atom. The number of halogens is 2. The quantitative estimate of drug-likeness (QED) is 0.614. The summed E-state index contributed by atoms with van der Waals surface area (Å²) in [5.74, 6) is 0.560. The average Bonchev–Trinajstić information content (AvgIpc) is 3.10. The molecular weight excluding hydrogens is 388 g/mol. The molecule has 0 spiro atoms. The summed E-state index contributed by atoms with van der Waals surface area (Å²) in [4.78, 5) is 9.49. The van der Waals surface area contributed by atoms with Crippen LogP contribution in [0.3, 0.4) is 0 Å². The van der Waals surface area contributed by atoms with Crippen LogP contribution in [-0.4, -0.2) is 36.2 Å². The Morgan fingerprint density at radius 2 is 2.10 bits per heavy atom. The molecule has 0 aromatic heterocycles. The van der Waals surface area contributed by atoms with Gasteiger partial charge in [0.2, 0.25) is 0 Å². The number of allylic oxidation sites excluding steroid dienone is 3. The molecule has 1 aromatic rings. The van der Waals surface area contributed by atoms with E-state index >= 15 is 0 Å². The summed E-state index contributed by atoms with van der Waals surface area (Å²) in [7, 11) is 1.95. The molecule has 7 heteroatoms. The SMILES string of the molecule is CC/C=C/C=C1\N(C)C=CN1Cc1ccc(/C(=C/F)NOC2CCOCC2)cc1F. The van der Waals surface area contributed by atoms with Gasteiger partial charge in [-0.25, -0.2) is 8.78 Å². The highest BCUT2D eigenvalue weighted by atomic mass is 19.1. The van der Waals surface area contributed by atoms with Gasteiger partial charge >= 0.3 is 0 Å². The number of hydroxylamine groups is 1. The molecule has 3 rings (SSSR count). The first-order valence-electron chi connectivity index (χ1n) is 10.3. The molecule has 162 valence electrons. The lowest BCUT2D eigenvalue weighted by Crippen LogP contribution is -2.29. The van der Waals surface area contributed by atoms with Crippen molar-refractivity contribution in [2.45, 2.75) is 38.8 Å². The van der Waals surface area contributed by atoms with Gasteiger partial charge in [0, 0.05) is 43.8 Å². The lowest BCUT2D eigenvalue weighted by atomic mass is 10.1. The summed E-state index contributed by atoms with van der Waals surface area (Å²) in [5.41, 5.74) is 3.64. The van der Waals surface area contributed by atoms with Crippen LogP contribution in [0.2, 0.25) is 0 Å². The average molecular weight is 418 g/mol. The van der Waals surface area contributed by atoms with E-state index in [9.17, 15) is 8.78 Å². The predicted molar refractivity (Wildman–Crippen MR) is 114 cm³/mol. The first-order valence-corrected chi connectivity index (χ1v) is 10.3. The van der Waals surface area contributed by atoms with E-state index in [1.54, 1.807) is 12.1 Å². The molecule has 5 nitrogen and oxygen atoms in total. The number of hydrogen-bond donors (Lipinski definition) is 1. The largest absolute Gasteiger partial charge is 0.381 e. The highest BCUT2D eigenvalue weighted by Crippen LogP contribution is 2.24. The topological polar surface area (TPSA) is 37.0 Å². The molecule has 0 unspecified atom stereocenters. The maximum absolute atomic E-state index is 14.8. The molecule has 1 fully saturated rings. The van der Waals surface area contributed by atoms with Crippen molar-refractivity contribution in [3.8, 4) is 0 Å². The zero-order valence-corrected chi connectivity index (χ0v) is 17.5. The van der Waals surface area contributed by atoms with Crippen LogP contribution in [0, 0.1) is 5.82 Å². The molecule has 0 saturated carbocycles. The second-order valence-electron chi connectivity index (χ2n) is 7.26. The fourth-order valence-corrected chi connectivity index (χ4v) is 3.28. The normalized spacial score (nSPS) is 19.5. The van der Waals surface area contributed by atoms with E-state index in [-0.39, 0.29) is 11.8 Å². The number of benzene rings is 1. The fraction of sp³-hybridized carbons (Fsp3) is 0.391. The van der Waals surface area contributed by atoms with Gasteiger partial charge in [-0.3, -0.25) is 10.3 Å². The van der Waals surface area contributed by atoms with Gasteiger partial charge in [-0.05, 0) is 31.4 Å². The van der Waals surface area contributed by atoms with Gasteiger partial charge in [-0.1, -0.05) is 31.2 Å². The lowest BCUT2D eigenvalue weighted by Gasteiger charge is -2.23. The van der Waals surface area contributed by atoms with Crippen LogP contribution >= 0.6 is 0 Å². The van der Waals surface area contributed by atoms with Crippen molar-refractivity contribution in [2.24, 2.45) is 0 Å². The number of hydrogen-bond acceptors (Lipinski definition) is 5. The molecule has 1 aromatic carbocycles. The minimum atomic E-state index is -0.397. The molecule has 0 atom stereocenters. The summed E-state index contributed by atoms with van der Waals surface area (Å²) >= 11 is 0. The maximum atomic E-state index is 14.8. The van der Waals surface area contributed by atoms with Gasteiger partial charge in [0.25, 0.3) is 0 Å². The minimum Gasteiger partial charge on any atom is -0.381 e. The second-order valence-corrected chi connectivity index (χ2v) is 7.26. The van der Waals surface area contributed by atoms with Crippen LogP contribution in [0.4, 0.5) is 8.78 Å². The second kappa shape index (κ2) is 10.9. The smallest absolute Gasteiger partial charge is 0.128 e. The summed E-state index contributed by atoms with van der Waals surface area (Å²) in [5, 5.41) is 0. The van der Waals surface area contributed by atoms with Crippen LogP contribution in [0.25, 0.3) is 5.70 Å². The van der Waals surface area contributed by atoms with Gasteiger partial charge < -0.3 is 14.5 Å². The van der Waals surface area contributed by atoms with Crippen LogP contribution < -0.4 is 5.48 Å². The van der Waals surface area contributed by atoms with E-state index in [2.05, 4.69) is 18.5 Å². The van der Waals surface area contributed by atoms with Crippen molar-refractivity contribution in [1.29, 1.82) is 0 Å². The number of rotatable bonds is 8. The monoisotopic (exact) mass is 417 g/mol. The van der Waals surface area contributed by atoms with Crippen molar-refractivity contribution < 1.29 is 18.4 Å². The highest BCUT2D eigenvalue weighted by Gasteiger charge is 2.19. The summed E-state index contributed by atoms with van der Waals surface area (Å²) in [6, 6.07) is 4.69. The van der Waals surface area contributed by atoms with E-state index in [0.29, 0.717) is 37.2 Å². The summed E-state index contributed by atoms with van der Waals surface area (Å²) in [6.45, 7) is 3.69. The fourth-order valence-electron chi connectivity index (χ4n) is 3.28. The third-order valence-electron chi connectivity index (χ3n) is 5.06. The molecule has 1 saturated heterocycles. The van der Waals surface area contributed by atoms with E-state index in [0.717, 1.165) is 25.1 Å².